The highest BCUT2D eigenvalue weighted by Crippen LogP contribution is 2.10. The predicted molar refractivity (Wildman–Crippen MR) is 44.2 cm³/mol. The summed E-state index contributed by atoms with van der Waals surface area (Å²) in [6.45, 7) is 1.34. The maximum atomic E-state index is 11.0. The van der Waals surface area contributed by atoms with Crippen LogP contribution in [0.3, 0.4) is 0 Å². The molecule has 0 bridgehead atoms. The molecule has 1 amide bonds. The zero-order valence-corrected chi connectivity index (χ0v) is 7.60. The lowest BCUT2D eigenvalue weighted by atomic mass is 10.2. The van der Waals surface area contributed by atoms with E-state index >= 15 is 0 Å². The van der Waals surface area contributed by atoms with E-state index in [9.17, 15) is 13.2 Å². The molecular formula is C6H12N2O3S. The van der Waals surface area contributed by atoms with E-state index < -0.39 is 21.9 Å². The fraction of sp³-hybridized carbons (Fsp3) is 0.833. The topological polar surface area (TPSA) is 89.3 Å². The zero-order chi connectivity index (χ0) is 9.35. The van der Waals surface area contributed by atoms with Crippen LogP contribution in [-0.2, 0) is 14.6 Å². The molecule has 0 radical (unpaired) electrons. The highest BCUT2D eigenvalue weighted by atomic mass is 32.2. The molecule has 1 fully saturated rings. The van der Waals surface area contributed by atoms with Crippen LogP contribution in [0.4, 0.5) is 0 Å². The lowest BCUT2D eigenvalue weighted by molar-refractivity contribution is -0.119. The van der Waals surface area contributed by atoms with Gasteiger partial charge in [-0.25, -0.2) is 8.42 Å². The second-order valence-electron chi connectivity index (χ2n) is 3.05. The minimum atomic E-state index is -3.03. The van der Waals surface area contributed by atoms with E-state index in [-0.39, 0.29) is 17.4 Å². The fourth-order valence-electron chi connectivity index (χ4n) is 1.28. The second-order valence-corrected chi connectivity index (χ2v) is 5.20. The third-order valence-corrected chi connectivity index (χ3v) is 3.55. The van der Waals surface area contributed by atoms with E-state index in [1.54, 1.807) is 0 Å². The molecule has 12 heavy (non-hydrogen) atoms. The molecule has 5 nitrogen and oxygen atoms in total. The first-order valence-electron chi connectivity index (χ1n) is 3.64. The molecule has 0 aliphatic carbocycles. The largest absolute Gasteiger partial charge is 0.351 e. The van der Waals surface area contributed by atoms with Gasteiger partial charge in [-0.3, -0.25) is 4.79 Å². The van der Waals surface area contributed by atoms with Gasteiger partial charge in [-0.1, -0.05) is 0 Å². The van der Waals surface area contributed by atoms with E-state index in [0.29, 0.717) is 0 Å². The van der Waals surface area contributed by atoms with Crippen LogP contribution in [-0.4, -0.2) is 37.9 Å². The minimum absolute atomic E-state index is 0.0298. The van der Waals surface area contributed by atoms with E-state index in [0.717, 1.165) is 0 Å². The van der Waals surface area contributed by atoms with Crippen LogP contribution in [0.1, 0.15) is 6.92 Å². The van der Waals surface area contributed by atoms with Gasteiger partial charge in [0, 0.05) is 13.0 Å². The Labute approximate surface area is 71.2 Å². The van der Waals surface area contributed by atoms with Crippen molar-refractivity contribution in [3.8, 4) is 0 Å². The molecule has 3 N–H and O–H groups in total. The van der Waals surface area contributed by atoms with Gasteiger partial charge in [0.05, 0.1) is 17.5 Å². The Kier molecular flexibility index (Phi) is 2.39. The van der Waals surface area contributed by atoms with Crippen LogP contribution in [0.2, 0.25) is 0 Å². The van der Waals surface area contributed by atoms with Crippen molar-refractivity contribution in [2.75, 3.05) is 11.5 Å². The summed E-state index contributed by atoms with van der Waals surface area (Å²) in [5.74, 6) is -0.307. The normalized spacial score (nSPS) is 33.2. The SMILES string of the molecule is CC(=O)NC1CS(=O)(=O)CC1N. The molecule has 0 aromatic carbocycles. The maximum Gasteiger partial charge on any atom is 0.217 e. The third-order valence-electron chi connectivity index (χ3n) is 1.79. The maximum absolute atomic E-state index is 11.0. The molecule has 1 aliphatic heterocycles. The number of hydrogen-bond acceptors (Lipinski definition) is 4. The van der Waals surface area contributed by atoms with E-state index in [2.05, 4.69) is 5.32 Å². The first-order valence-corrected chi connectivity index (χ1v) is 5.46. The van der Waals surface area contributed by atoms with Crippen LogP contribution in [0.5, 0.6) is 0 Å². The number of nitrogens with one attached hydrogen (secondary N) is 1. The quantitative estimate of drug-likeness (QED) is 0.515. The Morgan fingerprint density at radius 3 is 2.42 bits per heavy atom. The van der Waals surface area contributed by atoms with Crippen molar-refractivity contribution in [3.63, 3.8) is 0 Å². The van der Waals surface area contributed by atoms with E-state index in [4.69, 9.17) is 5.73 Å². The van der Waals surface area contributed by atoms with Crippen molar-refractivity contribution < 1.29 is 13.2 Å². The molecule has 6 heteroatoms. The van der Waals surface area contributed by atoms with Gasteiger partial charge >= 0.3 is 0 Å². The Hall–Kier alpha value is -0.620. The number of rotatable bonds is 1. The number of nitrogens with two attached hydrogens (primary N) is 1. The van der Waals surface area contributed by atoms with Crippen LogP contribution < -0.4 is 11.1 Å². The Balaban J connectivity index is 2.64. The summed E-state index contributed by atoms with van der Waals surface area (Å²) in [5.41, 5.74) is 5.51. The van der Waals surface area contributed by atoms with Crippen LogP contribution in [0.15, 0.2) is 0 Å². The van der Waals surface area contributed by atoms with Gasteiger partial charge in [-0.05, 0) is 0 Å². The summed E-state index contributed by atoms with van der Waals surface area (Å²) in [6.07, 6.45) is 0. The van der Waals surface area contributed by atoms with Gasteiger partial charge in [0.1, 0.15) is 0 Å². The number of carbonyl (C=O) groups excluding carboxylic acids is 1. The summed E-state index contributed by atoms with van der Waals surface area (Å²) in [6, 6.07) is -0.869. The molecule has 1 heterocycles. The standard InChI is InChI=1S/C6H12N2O3S/c1-4(9)8-6-3-12(10,11)2-5(6)7/h5-6H,2-3,7H2,1H3,(H,8,9). The predicted octanol–water partition coefficient (Wildman–Crippen LogP) is -1.75. The molecule has 0 aromatic heterocycles. The average molecular weight is 192 g/mol. The van der Waals surface area contributed by atoms with Crippen molar-refractivity contribution in [1.82, 2.24) is 5.32 Å². The third kappa shape index (κ3) is 2.18. The van der Waals surface area contributed by atoms with Crippen LogP contribution in [0.25, 0.3) is 0 Å². The Morgan fingerprint density at radius 2 is 2.08 bits per heavy atom. The molecule has 0 saturated carbocycles. The Bertz CT molecular complexity index is 285. The summed E-state index contributed by atoms with van der Waals surface area (Å²) in [5, 5.41) is 2.50. The van der Waals surface area contributed by atoms with Crippen molar-refractivity contribution in [1.29, 1.82) is 0 Å². The first kappa shape index (κ1) is 9.47. The molecule has 0 spiro atoms. The van der Waals surface area contributed by atoms with Gasteiger partial charge in [0.25, 0.3) is 0 Å². The van der Waals surface area contributed by atoms with Gasteiger partial charge in [0.15, 0.2) is 9.84 Å². The molecular weight excluding hydrogens is 180 g/mol. The number of sulfone groups is 1. The van der Waals surface area contributed by atoms with E-state index in [1.165, 1.54) is 6.92 Å². The van der Waals surface area contributed by atoms with E-state index in [1.807, 2.05) is 0 Å². The zero-order valence-electron chi connectivity index (χ0n) is 6.78. The highest BCUT2D eigenvalue weighted by Gasteiger charge is 2.35. The summed E-state index contributed by atoms with van der Waals surface area (Å²) in [4.78, 5) is 10.6. The number of carbonyl (C=O) groups is 1. The smallest absolute Gasteiger partial charge is 0.217 e. The molecule has 2 unspecified atom stereocenters. The fourth-order valence-corrected chi connectivity index (χ4v) is 3.12. The first-order chi connectivity index (χ1) is 5.41. The average Bonchev–Trinajstić information content (AvgIpc) is 2.03. The lowest BCUT2D eigenvalue weighted by Crippen LogP contribution is -2.45. The van der Waals surface area contributed by atoms with Crippen molar-refractivity contribution in [2.24, 2.45) is 5.73 Å². The second kappa shape index (κ2) is 3.02. The molecule has 1 saturated heterocycles. The summed E-state index contributed by atoms with van der Waals surface area (Å²) in [7, 11) is -3.03. The van der Waals surface area contributed by atoms with Gasteiger partial charge in [-0.15, -0.1) is 0 Å². The van der Waals surface area contributed by atoms with Crippen molar-refractivity contribution in [3.05, 3.63) is 0 Å². The lowest BCUT2D eigenvalue weighted by Gasteiger charge is -2.13. The van der Waals surface area contributed by atoms with Crippen LogP contribution in [0, 0.1) is 0 Å². The number of hydrogen-bond donors (Lipinski definition) is 2. The van der Waals surface area contributed by atoms with Crippen LogP contribution >= 0.6 is 0 Å². The Morgan fingerprint density at radius 1 is 1.50 bits per heavy atom. The summed E-state index contributed by atoms with van der Waals surface area (Å²) < 4.78 is 22.0. The van der Waals surface area contributed by atoms with Crippen molar-refractivity contribution in [2.45, 2.75) is 19.0 Å². The molecule has 1 rings (SSSR count). The minimum Gasteiger partial charge on any atom is -0.351 e. The highest BCUT2D eigenvalue weighted by molar-refractivity contribution is 7.91. The van der Waals surface area contributed by atoms with Gasteiger partial charge < -0.3 is 11.1 Å². The monoisotopic (exact) mass is 192 g/mol. The molecule has 2 atom stereocenters. The molecule has 70 valence electrons. The number of amides is 1. The van der Waals surface area contributed by atoms with Crippen molar-refractivity contribution >= 4 is 15.7 Å². The molecule has 1 aliphatic rings. The molecule has 0 aromatic rings. The summed E-state index contributed by atoms with van der Waals surface area (Å²) >= 11 is 0. The van der Waals surface area contributed by atoms with Gasteiger partial charge in [0.2, 0.25) is 5.91 Å². The van der Waals surface area contributed by atoms with Gasteiger partial charge in [-0.2, -0.15) is 0 Å².